The van der Waals surface area contributed by atoms with E-state index >= 15 is 0 Å². The van der Waals surface area contributed by atoms with Gasteiger partial charge in [0.05, 0.1) is 39.6 Å². The van der Waals surface area contributed by atoms with E-state index in [1.54, 1.807) is 67.6 Å². The largest absolute Gasteiger partial charge is 0.505 e. The predicted octanol–water partition coefficient (Wildman–Crippen LogP) is 6.99. The lowest BCUT2D eigenvalue weighted by Gasteiger charge is -2.49. The number of fused-ring (bicyclic) bond motifs is 4. The number of ketones is 1. The summed E-state index contributed by atoms with van der Waals surface area (Å²) in [5, 5.41) is 10.8. The number of aromatic hydroxyl groups is 1. The molecule has 8 nitrogen and oxygen atoms in total. The zero-order valence-electron chi connectivity index (χ0n) is 27.1. The van der Waals surface area contributed by atoms with Gasteiger partial charge in [-0.1, -0.05) is 65.7 Å². The molecule has 6 unspecified atom stereocenters. The van der Waals surface area contributed by atoms with Crippen molar-refractivity contribution in [3.05, 3.63) is 136 Å². The molecule has 4 aliphatic rings. The zero-order valence-corrected chi connectivity index (χ0v) is 27.8. The molecule has 2 heterocycles. The van der Waals surface area contributed by atoms with E-state index in [-0.39, 0.29) is 40.6 Å². The van der Waals surface area contributed by atoms with Crippen LogP contribution in [-0.2, 0) is 19.2 Å². The Kier molecular flexibility index (Phi) is 7.57. The van der Waals surface area contributed by atoms with Crippen molar-refractivity contribution in [2.75, 3.05) is 9.80 Å². The van der Waals surface area contributed by atoms with E-state index in [9.17, 15) is 37.9 Å². The van der Waals surface area contributed by atoms with Gasteiger partial charge in [-0.05, 0) is 74.2 Å². The summed E-state index contributed by atoms with van der Waals surface area (Å²) < 4.78 is 29.1. The Labute approximate surface area is 295 Å². The number of amides is 4. The predicted molar refractivity (Wildman–Crippen MR) is 183 cm³/mol. The quantitative estimate of drug-likeness (QED) is 0.136. The summed E-state index contributed by atoms with van der Waals surface area (Å²) in [5.41, 5.74) is 0.296. The molecule has 0 spiro atoms. The monoisotopic (exact) mass is 706 g/mol. The number of rotatable bonds is 5. The van der Waals surface area contributed by atoms with E-state index in [2.05, 4.69) is 0 Å². The first-order valence-electron chi connectivity index (χ1n) is 16.5. The van der Waals surface area contributed by atoms with Gasteiger partial charge in [0.15, 0.2) is 17.3 Å². The van der Waals surface area contributed by atoms with Crippen LogP contribution in [0.4, 0.5) is 20.2 Å². The van der Waals surface area contributed by atoms with Crippen molar-refractivity contribution in [3.8, 4) is 5.75 Å². The van der Waals surface area contributed by atoms with Gasteiger partial charge in [0.25, 0.3) is 0 Å². The average Bonchev–Trinajstić information content (AvgIpc) is 3.50. The third-order valence-corrected chi connectivity index (χ3v) is 11.5. The Hall–Kier alpha value is -5.48. The SMILES string of the molecule is CC12C(=O)N(c3ccc(F)c(Cl)c3)C(=O)C1CC1C(=CCC3C(=O)N(c4ccc(C(=O)c5ccccc5)cc4)C(=O)C31)C2c1cccc(F)c1O. The molecule has 1 N–H and O–H groups in total. The number of hydrogen-bond acceptors (Lipinski definition) is 6. The van der Waals surface area contributed by atoms with Crippen LogP contribution in [-0.4, -0.2) is 34.5 Å². The molecule has 4 aromatic rings. The molecular weight excluding hydrogens is 678 g/mol. The minimum Gasteiger partial charge on any atom is -0.505 e. The number of anilines is 2. The molecule has 8 rings (SSSR count). The van der Waals surface area contributed by atoms with E-state index in [4.69, 9.17) is 11.6 Å². The number of phenolic OH excluding ortho intramolecular Hbond substituents is 1. The minimum atomic E-state index is -1.55. The summed E-state index contributed by atoms with van der Waals surface area (Å²) in [6.07, 6.45) is 1.94. The fourth-order valence-corrected chi connectivity index (χ4v) is 8.94. The Balaban J connectivity index is 1.19. The molecule has 256 valence electrons. The van der Waals surface area contributed by atoms with Crippen molar-refractivity contribution in [3.63, 3.8) is 0 Å². The molecule has 0 bridgehead atoms. The molecule has 0 aromatic heterocycles. The van der Waals surface area contributed by atoms with Gasteiger partial charge in [-0.3, -0.25) is 28.9 Å². The number of para-hydroxylation sites is 1. The number of halogens is 3. The van der Waals surface area contributed by atoms with Gasteiger partial charge < -0.3 is 5.11 Å². The van der Waals surface area contributed by atoms with E-state index in [1.807, 2.05) is 0 Å². The first-order chi connectivity index (χ1) is 24.4. The second kappa shape index (κ2) is 11.8. The maximum Gasteiger partial charge on any atom is 0.241 e. The van der Waals surface area contributed by atoms with Crippen LogP contribution in [0.2, 0.25) is 5.02 Å². The van der Waals surface area contributed by atoms with Crippen molar-refractivity contribution in [2.24, 2.45) is 29.1 Å². The van der Waals surface area contributed by atoms with Crippen molar-refractivity contribution in [2.45, 2.75) is 25.7 Å². The number of benzene rings is 4. The van der Waals surface area contributed by atoms with Gasteiger partial charge in [-0.15, -0.1) is 0 Å². The van der Waals surface area contributed by atoms with E-state index < -0.39 is 76.0 Å². The van der Waals surface area contributed by atoms with Crippen LogP contribution in [0.3, 0.4) is 0 Å². The lowest BCUT2D eigenvalue weighted by molar-refractivity contribution is -0.131. The minimum absolute atomic E-state index is 0.0173. The standard InChI is InChI=1S/C40H29ClF2N2O6/c1-40-28(37(49)45(39(40)51)23-14-17-30(42)29(41)18-23)19-27-24(33(40)26-8-5-9-31(43)35(26)47)15-16-25-32(27)38(50)44(36(25)48)22-12-10-21(11-13-22)34(46)20-6-3-2-4-7-20/h2-15,17-18,25,27-28,32-33,47H,16,19H2,1H3. The Morgan fingerprint density at radius 1 is 0.784 bits per heavy atom. The summed E-state index contributed by atoms with van der Waals surface area (Å²) in [7, 11) is 0. The fourth-order valence-electron chi connectivity index (χ4n) is 8.77. The van der Waals surface area contributed by atoms with Gasteiger partial charge in [-0.2, -0.15) is 0 Å². The Morgan fingerprint density at radius 3 is 2.18 bits per heavy atom. The molecule has 0 radical (unpaired) electrons. The highest BCUT2D eigenvalue weighted by Crippen LogP contribution is 2.64. The summed E-state index contributed by atoms with van der Waals surface area (Å²) in [4.78, 5) is 72.2. The summed E-state index contributed by atoms with van der Waals surface area (Å²) in [6, 6.07) is 22.4. The maximum atomic E-state index is 15.0. The van der Waals surface area contributed by atoms with Crippen molar-refractivity contribution in [1.29, 1.82) is 0 Å². The van der Waals surface area contributed by atoms with E-state index in [0.29, 0.717) is 16.7 Å². The van der Waals surface area contributed by atoms with Gasteiger partial charge in [0.2, 0.25) is 23.6 Å². The van der Waals surface area contributed by atoms with Crippen molar-refractivity contribution >= 4 is 52.4 Å². The highest BCUT2D eigenvalue weighted by Gasteiger charge is 2.68. The highest BCUT2D eigenvalue weighted by atomic mass is 35.5. The third-order valence-electron chi connectivity index (χ3n) is 11.2. The highest BCUT2D eigenvalue weighted by molar-refractivity contribution is 6.32. The lowest BCUT2D eigenvalue weighted by Crippen LogP contribution is -2.49. The number of carbonyl (C=O) groups is 5. The molecule has 3 fully saturated rings. The second-order valence-corrected chi connectivity index (χ2v) is 14.1. The number of allylic oxidation sites excluding steroid dienone is 2. The molecule has 4 aromatic carbocycles. The third kappa shape index (κ3) is 4.72. The van der Waals surface area contributed by atoms with Crippen LogP contribution in [0.25, 0.3) is 0 Å². The smallest absolute Gasteiger partial charge is 0.241 e. The van der Waals surface area contributed by atoms with Crippen molar-refractivity contribution in [1.82, 2.24) is 0 Å². The molecular formula is C40H29ClF2N2O6. The zero-order chi connectivity index (χ0) is 35.9. The van der Waals surface area contributed by atoms with Crippen LogP contribution >= 0.6 is 11.6 Å². The van der Waals surface area contributed by atoms with Gasteiger partial charge >= 0.3 is 0 Å². The number of hydrogen-bond donors (Lipinski definition) is 1. The Morgan fingerprint density at radius 2 is 1.47 bits per heavy atom. The average molecular weight is 707 g/mol. The summed E-state index contributed by atoms with van der Waals surface area (Å²) in [5.74, 6) is -9.24. The fraction of sp³-hybridized carbons (Fsp3) is 0.225. The first-order valence-corrected chi connectivity index (χ1v) is 16.9. The molecule has 1 saturated carbocycles. The van der Waals surface area contributed by atoms with Crippen LogP contribution < -0.4 is 9.80 Å². The Bertz CT molecular complexity index is 2220. The van der Waals surface area contributed by atoms with Gasteiger partial charge in [0, 0.05) is 22.6 Å². The number of nitrogens with zero attached hydrogens (tertiary/aromatic N) is 2. The summed E-state index contributed by atoms with van der Waals surface area (Å²) in [6.45, 7) is 1.59. The number of phenols is 1. The molecule has 2 saturated heterocycles. The number of carbonyl (C=O) groups excluding carboxylic acids is 5. The maximum absolute atomic E-state index is 15.0. The van der Waals surface area contributed by atoms with E-state index in [1.165, 1.54) is 24.3 Å². The van der Waals surface area contributed by atoms with Crippen LogP contribution in [0.5, 0.6) is 5.75 Å². The molecule has 11 heteroatoms. The van der Waals surface area contributed by atoms with Gasteiger partial charge in [-0.25, -0.2) is 13.7 Å². The van der Waals surface area contributed by atoms with Gasteiger partial charge in [0.1, 0.15) is 5.82 Å². The molecule has 2 aliphatic carbocycles. The summed E-state index contributed by atoms with van der Waals surface area (Å²) >= 11 is 6.05. The normalized spacial score (nSPS) is 26.9. The molecule has 6 atom stereocenters. The van der Waals surface area contributed by atoms with Crippen LogP contribution in [0, 0.1) is 40.7 Å². The molecule has 4 amide bonds. The van der Waals surface area contributed by atoms with Crippen molar-refractivity contribution < 1.29 is 37.9 Å². The molecule has 2 aliphatic heterocycles. The van der Waals surface area contributed by atoms with Crippen LogP contribution in [0.1, 0.15) is 47.2 Å². The first kappa shape index (κ1) is 32.7. The number of imide groups is 2. The van der Waals surface area contributed by atoms with E-state index in [0.717, 1.165) is 21.9 Å². The molecule has 51 heavy (non-hydrogen) atoms. The van der Waals surface area contributed by atoms with Crippen LogP contribution in [0.15, 0.2) is 103 Å². The topological polar surface area (TPSA) is 112 Å². The second-order valence-electron chi connectivity index (χ2n) is 13.7. The lowest BCUT2D eigenvalue weighted by atomic mass is 9.51.